The predicted molar refractivity (Wildman–Crippen MR) is 76.6 cm³/mol. The van der Waals surface area contributed by atoms with Crippen LogP contribution in [0.4, 0.5) is 0 Å². The fraction of sp³-hybridized carbons (Fsp3) is 0.615. The Morgan fingerprint density at radius 3 is 2.75 bits per heavy atom. The van der Waals surface area contributed by atoms with Gasteiger partial charge >= 0.3 is 5.69 Å². The van der Waals surface area contributed by atoms with Crippen molar-refractivity contribution >= 4 is 5.91 Å². The summed E-state index contributed by atoms with van der Waals surface area (Å²) < 4.78 is 2.34. The summed E-state index contributed by atoms with van der Waals surface area (Å²) in [5.41, 5.74) is 4.53. The third-order valence-corrected chi connectivity index (χ3v) is 2.89. The van der Waals surface area contributed by atoms with Crippen molar-refractivity contribution in [2.75, 3.05) is 13.1 Å². The average Bonchev–Trinajstić information content (AvgIpc) is 2.42. The number of carbonyl (C=O) groups is 1. The minimum Gasteiger partial charge on any atom is -0.355 e. The van der Waals surface area contributed by atoms with Crippen LogP contribution in [0.3, 0.4) is 0 Å². The minimum atomic E-state index is -0.475. The van der Waals surface area contributed by atoms with Crippen molar-refractivity contribution in [1.29, 1.82) is 0 Å². The number of aromatic nitrogens is 2. The van der Waals surface area contributed by atoms with Crippen molar-refractivity contribution in [1.82, 2.24) is 14.5 Å². The number of nitrogens with two attached hydrogens (primary N) is 1. The Morgan fingerprint density at radius 1 is 1.35 bits per heavy atom. The number of unbranched alkanes of at least 4 members (excludes halogenated alkanes) is 1. The molecule has 0 unspecified atom stereocenters. The van der Waals surface area contributed by atoms with E-state index in [1.165, 1.54) is 16.8 Å². The Kier molecular flexibility index (Phi) is 6.72. The highest BCUT2D eigenvalue weighted by molar-refractivity contribution is 5.75. The molecule has 1 heterocycles. The summed E-state index contributed by atoms with van der Waals surface area (Å²) in [6.07, 6.45) is 3.78. The van der Waals surface area contributed by atoms with Crippen molar-refractivity contribution in [2.24, 2.45) is 5.73 Å². The molecule has 0 fully saturated rings. The molecule has 0 atom stereocenters. The normalized spacial score (nSPS) is 10.5. The molecule has 3 N–H and O–H groups in total. The van der Waals surface area contributed by atoms with E-state index in [4.69, 9.17) is 5.73 Å². The first-order valence-electron chi connectivity index (χ1n) is 6.87. The van der Waals surface area contributed by atoms with Crippen molar-refractivity contribution in [3.05, 3.63) is 33.1 Å². The van der Waals surface area contributed by atoms with E-state index in [1.807, 2.05) is 6.92 Å². The molecule has 20 heavy (non-hydrogen) atoms. The summed E-state index contributed by atoms with van der Waals surface area (Å²) in [6.45, 7) is 3.22. The number of nitrogens with zero attached hydrogens (tertiary/aromatic N) is 2. The van der Waals surface area contributed by atoms with Gasteiger partial charge < -0.3 is 11.1 Å². The Hall–Kier alpha value is -1.89. The van der Waals surface area contributed by atoms with Crippen LogP contribution in [-0.2, 0) is 17.9 Å². The molecule has 0 bridgehead atoms. The lowest BCUT2D eigenvalue weighted by Crippen LogP contribution is -2.42. The first-order chi connectivity index (χ1) is 9.60. The summed E-state index contributed by atoms with van der Waals surface area (Å²) >= 11 is 0. The van der Waals surface area contributed by atoms with Gasteiger partial charge in [-0.25, -0.2) is 4.79 Å². The van der Waals surface area contributed by atoms with Crippen LogP contribution in [0.25, 0.3) is 0 Å². The van der Waals surface area contributed by atoms with Crippen molar-refractivity contribution in [2.45, 2.75) is 39.3 Å². The third-order valence-electron chi connectivity index (χ3n) is 2.89. The lowest BCUT2D eigenvalue weighted by molar-refractivity contribution is -0.121. The number of hydrogen-bond donors (Lipinski definition) is 2. The van der Waals surface area contributed by atoms with Gasteiger partial charge in [-0.05, 0) is 19.4 Å². The molecule has 1 aromatic rings. The van der Waals surface area contributed by atoms with Gasteiger partial charge in [0.05, 0.1) is 0 Å². The molecular formula is C13H22N4O3. The van der Waals surface area contributed by atoms with Crippen LogP contribution < -0.4 is 22.3 Å². The first kappa shape index (κ1) is 16.2. The third kappa shape index (κ3) is 4.65. The second-order valence-electron chi connectivity index (χ2n) is 4.56. The van der Waals surface area contributed by atoms with Crippen LogP contribution >= 0.6 is 0 Å². The summed E-state index contributed by atoms with van der Waals surface area (Å²) in [4.78, 5) is 35.3. The Morgan fingerprint density at radius 2 is 2.10 bits per heavy atom. The second-order valence-corrected chi connectivity index (χ2v) is 4.56. The maximum absolute atomic E-state index is 12.1. The Balaban J connectivity index is 2.78. The quantitative estimate of drug-likeness (QED) is 0.614. The van der Waals surface area contributed by atoms with Crippen molar-refractivity contribution in [3.63, 3.8) is 0 Å². The number of carbonyl (C=O) groups excluding carboxylic acids is 1. The highest BCUT2D eigenvalue weighted by Gasteiger charge is 2.08. The zero-order chi connectivity index (χ0) is 15.0. The number of rotatable bonds is 8. The van der Waals surface area contributed by atoms with Gasteiger partial charge in [0.15, 0.2) is 0 Å². The van der Waals surface area contributed by atoms with Gasteiger partial charge in [0.25, 0.3) is 5.56 Å². The molecule has 0 radical (unpaired) electrons. The number of nitrogens with one attached hydrogen (secondary N) is 1. The molecule has 1 rings (SSSR count). The van der Waals surface area contributed by atoms with E-state index in [1.54, 1.807) is 0 Å². The molecule has 0 aliphatic rings. The van der Waals surface area contributed by atoms with E-state index in [2.05, 4.69) is 5.32 Å². The molecular weight excluding hydrogens is 260 g/mol. The van der Waals surface area contributed by atoms with Crippen LogP contribution in [0, 0.1) is 0 Å². The Bertz CT molecular complexity index is 547. The minimum absolute atomic E-state index is 0.0779. The molecule has 7 heteroatoms. The van der Waals surface area contributed by atoms with E-state index in [0.717, 1.165) is 17.4 Å². The topological polar surface area (TPSA) is 99.1 Å². The van der Waals surface area contributed by atoms with E-state index in [-0.39, 0.29) is 24.6 Å². The summed E-state index contributed by atoms with van der Waals surface area (Å²) in [5, 5.41) is 2.73. The first-order valence-corrected chi connectivity index (χ1v) is 6.87. The predicted octanol–water partition coefficient (Wildman–Crippen LogP) is -0.725. The van der Waals surface area contributed by atoms with Gasteiger partial charge in [-0.15, -0.1) is 0 Å². The van der Waals surface area contributed by atoms with Gasteiger partial charge in [0.2, 0.25) is 5.91 Å². The average molecular weight is 282 g/mol. The zero-order valence-corrected chi connectivity index (χ0v) is 11.8. The maximum Gasteiger partial charge on any atom is 0.331 e. The molecule has 1 amide bonds. The molecule has 112 valence electrons. The molecule has 7 nitrogen and oxygen atoms in total. The Labute approximate surface area is 117 Å². The molecule has 0 aliphatic heterocycles. The zero-order valence-electron chi connectivity index (χ0n) is 11.8. The van der Waals surface area contributed by atoms with E-state index >= 15 is 0 Å². The lowest BCUT2D eigenvalue weighted by atomic mass is 10.3. The van der Waals surface area contributed by atoms with E-state index < -0.39 is 5.69 Å². The van der Waals surface area contributed by atoms with E-state index in [9.17, 15) is 14.4 Å². The molecule has 1 aromatic heterocycles. The number of amides is 1. The van der Waals surface area contributed by atoms with Crippen LogP contribution in [0.2, 0.25) is 0 Å². The highest BCUT2D eigenvalue weighted by atomic mass is 16.2. The smallest absolute Gasteiger partial charge is 0.331 e. The van der Waals surface area contributed by atoms with Gasteiger partial charge in [0.1, 0.15) is 6.54 Å². The summed E-state index contributed by atoms with van der Waals surface area (Å²) in [5.74, 6) is -0.232. The van der Waals surface area contributed by atoms with Gasteiger partial charge in [0, 0.05) is 25.4 Å². The fourth-order valence-electron chi connectivity index (χ4n) is 1.75. The molecule has 0 saturated heterocycles. The largest absolute Gasteiger partial charge is 0.355 e. The molecule has 0 aliphatic carbocycles. The van der Waals surface area contributed by atoms with Gasteiger partial charge in [-0.1, -0.05) is 13.3 Å². The van der Waals surface area contributed by atoms with Crippen molar-refractivity contribution < 1.29 is 4.79 Å². The standard InChI is InChI=1S/C13H22N4O3/c1-2-3-7-15-11(18)10-16-9-5-12(19)17(13(16)20)8-4-6-14/h5,9H,2-4,6-8,10,14H2,1H3,(H,15,18). The lowest BCUT2D eigenvalue weighted by Gasteiger charge is -2.09. The molecule has 0 aromatic carbocycles. The molecule has 0 saturated carbocycles. The van der Waals surface area contributed by atoms with Crippen LogP contribution in [0.15, 0.2) is 21.9 Å². The SMILES string of the molecule is CCCCNC(=O)Cn1ccc(=O)n(CCCN)c1=O. The summed E-state index contributed by atoms with van der Waals surface area (Å²) in [6, 6.07) is 1.29. The van der Waals surface area contributed by atoms with Crippen LogP contribution in [0.5, 0.6) is 0 Å². The number of hydrogen-bond acceptors (Lipinski definition) is 4. The second kappa shape index (κ2) is 8.31. The maximum atomic E-state index is 12.1. The molecule has 0 spiro atoms. The van der Waals surface area contributed by atoms with E-state index in [0.29, 0.717) is 19.5 Å². The van der Waals surface area contributed by atoms with Gasteiger partial charge in [-0.2, -0.15) is 0 Å². The fourth-order valence-corrected chi connectivity index (χ4v) is 1.75. The summed E-state index contributed by atoms with van der Waals surface area (Å²) in [7, 11) is 0. The van der Waals surface area contributed by atoms with Crippen LogP contribution in [0.1, 0.15) is 26.2 Å². The monoisotopic (exact) mass is 282 g/mol. The van der Waals surface area contributed by atoms with Crippen LogP contribution in [-0.4, -0.2) is 28.1 Å². The van der Waals surface area contributed by atoms with Crippen molar-refractivity contribution in [3.8, 4) is 0 Å². The van der Waals surface area contributed by atoms with Gasteiger partial charge in [-0.3, -0.25) is 18.7 Å². The highest BCUT2D eigenvalue weighted by Crippen LogP contribution is 1.86.